The number of sulfonamides is 2. The molecule has 2 N–H and O–H groups in total. The van der Waals surface area contributed by atoms with Crippen molar-refractivity contribution in [2.45, 2.75) is 61.8 Å². The summed E-state index contributed by atoms with van der Waals surface area (Å²) in [5, 5.41) is 5.80. The van der Waals surface area contributed by atoms with E-state index >= 15 is 0 Å². The van der Waals surface area contributed by atoms with Gasteiger partial charge < -0.3 is 4.42 Å². The third-order valence-electron chi connectivity index (χ3n) is 6.84. The zero-order valence-electron chi connectivity index (χ0n) is 21.0. The molecular formula is C24H28F2N4O6S2. The van der Waals surface area contributed by atoms with Gasteiger partial charge in [-0.15, -0.1) is 5.10 Å². The quantitative estimate of drug-likeness (QED) is 0.423. The Morgan fingerprint density at radius 1 is 1.03 bits per heavy atom. The first-order valence-corrected chi connectivity index (χ1v) is 14.9. The molecule has 4 rings (SSSR count). The van der Waals surface area contributed by atoms with E-state index in [-0.39, 0.29) is 24.5 Å². The molecule has 1 saturated heterocycles. The molecule has 0 amide bonds. The van der Waals surface area contributed by atoms with Crippen LogP contribution >= 0.6 is 0 Å². The summed E-state index contributed by atoms with van der Waals surface area (Å²) in [4.78, 5) is 10.4. The molecule has 38 heavy (non-hydrogen) atoms. The van der Waals surface area contributed by atoms with Crippen molar-refractivity contribution in [2.24, 2.45) is 0 Å². The highest BCUT2D eigenvalue weighted by molar-refractivity contribution is 7.90. The number of aromatic amines is 1. The van der Waals surface area contributed by atoms with Crippen LogP contribution in [-0.4, -0.2) is 44.4 Å². The lowest BCUT2D eigenvalue weighted by atomic mass is 9.88. The number of nitrogens with one attached hydrogen (secondary N) is 2. The van der Waals surface area contributed by atoms with Crippen molar-refractivity contribution in [3.8, 4) is 0 Å². The number of hydrogen-bond acceptors (Lipinski definition) is 7. The van der Waals surface area contributed by atoms with Crippen LogP contribution in [0.1, 0.15) is 60.7 Å². The van der Waals surface area contributed by atoms with E-state index in [1.807, 2.05) is 0 Å². The molecule has 10 nitrogen and oxygen atoms in total. The van der Waals surface area contributed by atoms with Crippen LogP contribution in [0.4, 0.5) is 8.78 Å². The number of halogens is 2. The molecule has 0 bridgehead atoms. The average Bonchev–Trinajstić information content (AvgIpc) is 3.31. The number of aromatic nitrogens is 2. The molecule has 1 aliphatic heterocycles. The zero-order chi connectivity index (χ0) is 27.8. The standard InChI is InChI=1S/C24H28F2N4O6S2/c1-14-7-9-19(26)21(15(14)2)16(3)22(23-27-28-24(31)36-23)29-37(32,33)17-8-10-18(25)20(13-17)38(34,35)30-11-5-4-6-12-30/h7-10,13,16,22,29H,4-6,11-12H2,1-3H3,(H,28,31)/t16-,22+/m1/s1. The maximum atomic E-state index is 14.9. The predicted molar refractivity (Wildman–Crippen MR) is 133 cm³/mol. The fourth-order valence-corrected chi connectivity index (χ4v) is 7.58. The van der Waals surface area contributed by atoms with Gasteiger partial charge in [-0.1, -0.05) is 19.4 Å². The predicted octanol–water partition coefficient (Wildman–Crippen LogP) is 3.26. The molecule has 1 fully saturated rings. The topological polar surface area (TPSA) is 142 Å². The van der Waals surface area contributed by atoms with Gasteiger partial charge >= 0.3 is 5.76 Å². The molecule has 2 aromatic carbocycles. The first kappa shape index (κ1) is 28.1. The van der Waals surface area contributed by atoms with Crippen molar-refractivity contribution in [2.75, 3.05) is 13.1 Å². The summed E-state index contributed by atoms with van der Waals surface area (Å²) in [7, 11) is -8.84. The lowest BCUT2D eigenvalue weighted by Crippen LogP contribution is -2.36. The van der Waals surface area contributed by atoms with Gasteiger partial charge in [-0.25, -0.2) is 35.5 Å². The van der Waals surface area contributed by atoms with Gasteiger partial charge in [0.2, 0.25) is 25.9 Å². The van der Waals surface area contributed by atoms with Gasteiger partial charge in [0, 0.05) is 19.0 Å². The lowest BCUT2D eigenvalue weighted by molar-refractivity contribution is 0.345. The molecule has 0 spiro atoms. The number of aryl methyl sites for hydroxylation is 1. The first-order valence-electron chi connectivity index (χ1n) is 12.0. The fourth-order valence-electron chi connectivity index (χ4n) is 4.60. The Kier molecular flexibility index (Phi) is 7.89. The number of rotatable bonds is 8. The summed E-state index contributed by atoms with van der Waals surface area (Å²) in [6, 6.07) is 3.90. The highest BCUT2D eigenvalue weighted by Gasteiger charge is 2.35. The molecule has 0 unspecified atom stereocenters. The maximum absolute atomic E-state index is 14.9. The van der Waals surface area contributed by atoms with E-state index < -0.39 is 59.2 Å². The van der Waals surface area contributed by atoms with Crippen LogP contribution in [0.15, 0.2) is 49.3 Å². The fraction of sp³-hybridized carbons (Fsp3) is 0.417. The molecule has 0 radical (unpaired) electrons. The van der Waals surface area contributed by atoms with Gasteiger partial charge in [0.25, 0.3) is 0 Å². The largest absolute Gasteiger partial charge is 0.434 e. The summed E-state index contributed by atoms with van der Waals surface area (Å²) >= 11 is 0. The van der Waals surface area contributed by atoms with Crippen molar-refractivity contribution in [1.82, 2.24) is 19.2 Å². The number of hydrogen-bond donors (Lipinski definition) is 2. The molecule has 14 heteroatoms. The summed E-state index contributed by atoms with van der Waals surface area (Å²) in [6.07, 6.45) is 2.07. The highest BCUT2D eigenvalue weighted by atomic mass is 32.2. The summed E-state index contributed by atoms with van der Waals surface area (Å²) in [5.74, 6) is -3.91. The van der Waals surface area contributed by atoms with Gasteiger partial charge in [-0.2, -0.15) is 9.03 Å². The third kappa shape index (κ3) is 5.44. The van der Waals surface area contributed by atoms with Gasteiger partial charge in [0.05, 0.1) is 4.90 Å². The summed E-state index contributed by atoms with van der Waals surface area (Å²) in [5.41, 5.74) is 1.50. The number of nitrogens with zero attached hydrogens (tertiary/aromatic N) is 2. The maximum Gasteiger partial charge on any atom is 0.434 e. The second kappa shape index (κ2) is 10.7. The number of H-pyrrole nitrogens is 1. The van der Waals surface area contributed by atoms with Crippen molar-refractivity contribution in [3.05, 3.63) is 75.1 Å². The van der Waals surface area contributed by atoms with Gasteiger partial charge in [-0.3, -0.25) is 0 Å². The normalized spacial score (nSPS) is 16.9. The summed E-state index contributed by atoms with van der Waals surface area (Å²) in [6.45, 7) is 5.38. The Balaban J connectivity index is 1.76. The second-order valence-electron chi connectivity index (χ2n) is 9.30. The average molecular weight is 571 g/mol. The molecule has 206 valence electrons. The van der Waals surface area contributed by atoms with Gasteiger partial charge in [0.1, 0.15) is 22.6 Å². The van der Waals surface area contributed by atoms with E-state index in [0.717, 1.165) is 34.5 Å². The lowest BCUT2D eigenvalue weighted by Gasteiger charge is -2.26. The Bertz CT molecular complexity index is 1610. The Morgan fingerprint density at radius 3 is 2.32 bits per heavy atom. The van der Waals surface area contributed by atoms with Crippen LogP contribution in [0, 0.1) is 25.5 Å². The Hall–Kier alpha value is -2.94. The number of piperidine rings is 1. The molecule has 0 aliphatic carbocycles. The molecule has 2 atom stereocenters. The van der Waals surface area contributed by atoms with Crippen molar-refractivity contribution in [3.63, 3.8) is 0 Å². The van der Waals surface area contributed by atoms with E-state index in [9.17, 15) is 30.4 Å². The number of benzene rings is 2. The molecular weight excluding hydrogens is 542 g/mol. The van der Waals surface area contributed by atoms with Gasteiger partial charge in [0.15, 0.2) is 0 Å². The van der Waals surface area contributed by atoms with Crippen LogP contribution in [0.3, 0.4) is 0 Å². The second-order valence-corrected chi connectivity index (χ2v) is 12.9. The monoisotopic (exact) mass is 570 g/mol. The smallest absolute Gasteiger partial charge is 0.391 e. The minimum atomic E-state index is -4.56. The third-order valence-corrected chi connectivity index (χ3v) is 10.2. The van der Waals surface area contributed by atoms with Crippen LogP contribution < -0.4 is 10.5 Å². The first-order chi connectivity index (χ1) is 17.8. The SMILES string of the molecule is Cc1ccc(F)c([C@@H](C)[C@H](NS(=O)(=O)c2ccc(F)c(S(=O)(=O)N3CCCCC3)c2)c2n[nH]c(=O)o2)c1C. The minimum Gasteiger partial charge on any atom is -0.391 e. The highest BCUT2D eigenvalue weighted by Crippen LogP contribution is 2.35. The van der Waals surface area contributed by atoms with E-state index in [1.165, 1.54) is 13.0 Å². The molecule has 0 saturated carbocycles. The van der Waals surface area contributed by atoms with E-state index in [1.54, 1.807) is 19.9 Å². The Labute approximate surface area is 219 Å². The van der Waals surface area contributed by atoms with Crippen molar-refractivity contribution < 1.29 is 30.0 Å². The van der Waals surface area contributed by atoms with Crippen LogP contribution in [0.25, 0.3) is 0 Å². The molecule has 1 aliphatic rings. The molecule has 2 heterocycles. The van der Waals surface area contributed by atoms with E-state index in [4.69, 9.17) is 4.42 Å². The minimum absolute atomic E-state index is 0.177. The molecule has 1 aromatic heterocycles. The van der Waals surface area contributed by atoms with Crippen LogP contribution in [0.2, 0.25) is 0 Å². The zero-order valence-corrected chi connectivity index (χ0v) is 22.6. The van der Waals surface area contributed by atoms with Crippen LogP contribution in [0.5, 0.6) is 0 Å². The van der Waals surface area contributed by atoms with Crippen LogP contribution in [-0.2, 0) is 20.0 Å². The molecule has 3 aromatic rings. The van der Waals surface area contributed by atoms with E-state index in [2.05, 4.69) is 14.9 Å². The summed E-state index contributed by atoms with van der Waals surface area (Å²) < 4.78 is 91.2. The van der Waals surface area contributed by atoms with Crippen molar-refractivity contribution in [1.29, 1.82) is 0 Å². The van der Waals surface area contributed by atoms with Crippen molar-refractivity contribution >= 4 is 20.0 Å². The van der Waals surface area contributed by atoms with Gasteiger partial charge in [-0.05, 0) is 67.6 Å². The Morgan fingerprint density at radius 2 is 1.68 bits per heavy atom. The van der Waals surface area contributed by atoms with E-state index in [0.29, 0.717) is 18.4 Å².